The van der Waals surface area contributed by atoms with Crippen LogP contribution in [0, 0.1) is 12.3 Å². The number of nitrogens with zero attached hydrogens (tertiary/aromatic N) is 2. The highest BCUT2D eigenvalue weighted by Gasteiger charge is 2.09. The number of Topliss-reactive ketones (excluding diaryl/α,β-unsaturated/α-hetero) is 1. The SMILES string of the molecule is C#Cc1cccc(Nc2ncnc3ccc(CC(=O)CCCOC)cc23)c1. The minimum absolute atomic E-state index is 0.194. The van der Waals surface area contributed by atoms with Crippen molar-refractivity contribution in [2.45, 2.75) is 19.3 Å². The first-order valence-electron chi connectivity index (χ1n) is 8.77. The molecule has 1 N–H and O–H groups in total. The van der Waals surface area contributed by atoms with Crippen molar-refractivity contribution < 1.29 is 9.53 Å². The Labute approximate surface area is 158 Å². The molecule has 1 aromatic heterocycles. The largest absolute Gasteiger partial charge is 0.385 e. The molecule has 0 fully saturated rings. The van der Waals surface area contributed by atoms with Gasteiger partial charge in [0.15, 0.2) is 0 Å². The molecular formula is C22H21N3O2. The van der Waals surface area contributed by atoms with Crippen molar-refractivity contribution in [3.8, 4) is 12.3 Å². The van der Waals surface area contributed by atoms with Crippen molar-refractivity contribution in [1.29, 1.82) is 0 Å². The van der Waals surface area contributed by atoms with Crippen molar-refractivity contribution in [2.24, 2.45) is 0 Å². The molecule has 0 saturated heterocycles. The van der Waals surface area contributed by atoms with Crippen LogP contribution < -0.4 is 5.32 Å². The number of ketones is 1. The average Bonchev–Trinajstić information content (AvgIpc) is 2.69. The predicted octanol–water partition coefficient (Wildman–Crippen LogP) is 3.89. The Bertz CT molecular complexity index is 992. The van der Waals surface area contributed by atoms with Crippen LogP contribution in [0.3, 0.4) is 0 Å². The zero-order chi connectivity index (χ0) is 19.1. The molecule has 2 aromatic carbocycles. The van der Waals surface area contributed by atoms with Crippen LogP contribution in [0.4, 0.5) is 11.5 Å². The molecule has 0 atom stereocenters. The van der Waals surface area contributed by atoms with E-state index in [1.807, 2.05) is 42.5 Å². The number of hydrogen-bond acceptors (Lipinski definition) is 5. The lowest BCUT2D eigenvalue weighted by atomic mass is 10.0. The minimum Gasteiger partial charge on any atom is -0.385 e. The van der Waals surface area contributed by atoms with Crippen LogP contribution >= 0.6 is 0 Å². The fourth-order valence-electron chi connectivity index (χ4n) is 2.87. The van der Waals surface area contributed by atoms with E-state index in [4.69, 9.17) is 11.2 Å². The fraction of sp³-hybridized carbons (Fsp3) is 0.227. The van der Waals surface area contributed by atoms with Gasteiger partial charge in [-0.1, -0.05) is 18.1 Å². The molecule has 3 rings (SSSR count). The molecule has 27 heavy (non-hydrogen) atoms. The van der Waals surface area contributed by atoms with Crippen LogP contribution in [-0.4, -0.2) is 29.5 Å². The van der Waals surface area contributed by atoms with Gasteiger partial charge in [0.05, 0.1) is 5.52 Å². The van der Waals surface area contributed by atoms with E-state index in [2.05, 4.69) is 21.2 Å². The van der Waals surface area contributed by atoms with Crippen LogP contribution in [0.2, 0.25) is 0 Å². The Morgan fingerprint density at radius 2 is 2.11 bits per heavy atom. The van der Waals surface area contributed by atoms with Crippen molar-refractivity contribution in [3.63, 3.8) is 0 Å². The molecule has 5 heteroatoms. The maximum Gasteiger partial charge on any atom is 0.141 e. The van der Waals surface area contributed by atoms with Gasteiger partial charge in [-0.2, -0.15) is 0 Å². The summed E-state index contributed by atoms with van der Waals surface area (Å²) in [5.41, 5.74) is 3.41. The summed E-state index contributed by atoms with van der Waals surface area (Å²) in [6.07, 6.45) is 8.63. The first kappa shape index (κ1) is 18.6. The zero-order valence-electron chi connectivity index (χ0n) is 15.2. The number of anilines is 2. The average molecular weight is 359 g/mol. The lowest BCUT2D eigenvalue weighted by Gasteiger charge is -2.10. The van der Waals surface area contributed by atoms with E-state index in [1.54, 1.807) is 7.11 Å². The molecule has 0 spiro atoms. The first-order valence-corrected chi connectivity index (χ1v) is 8.77. The first-order chi connectivity index (χ1) is 13.2. The quantitative estimate of drug-likeness (QED) is 0.488. The molecular weight excluding hydrogens is 338 g/mol. The molecule has 0 saturated carbocycles. The zero-order valence-corrected chi connectivity index (χ0v) is 15.2. The number of aromatic nitrogens is 2. The molecule has 0 bridgehead atoms. The topological polar surface area (TPSA) is 64.1 Å². The number of ether oxygens (including phenoxy) is 1. The Hall–Kier alpha value is -3.23. The molecule has 3 aromatic rings. The van der Waals surface area contributed by atoms with Crippen LogP contribution in [-0.2, 0) is 16.0 Å². The Balaban J connectivity index is 1.83. The highest BCUT2D eigenvalue weighted by molar-refractivity contribution is 5.92. The van der Waals surface area contributed by atoms with Gasteiger partial charge in [0, 0.05) is 43.2 Å². The van der Waals surface area contributed by atoms with Crippen LogP contribution in [0.1, 0.15) is 24.0 Å². The van der Waals surface area contributed by atoms with Gasteiger partial charge in [-0.15, -0.1) is 6.42 Å². The normalized spacial score (nSPS) is 10.5. The molecule has 0 amide bonds. The number of rotatable bonds is 8. The van der Waals surface area contributed by atoms with Crippen LogP contribution in [0.25, 0.3) is 10.9 Å². The lowest BCUT2D eigenvalue weighted by molar-refractivity contribution is -0.118. The molecule has 0 aliphatic carbocycles. The van der Waals surface area contributed by atoms with Gasteiger partial charge in [-0.05, 0) is 42.3 Å². The second-order valence-electron chi connectivity index (χ2n) is 6.24. The molecule has 136 valence electrons. The summed E-state index contributed by atoms with van der Waals surface area (Å²) in [7, 11) is 1.64. The van der Waals surface area contributed by atoms with Gasteiger partial charge >= 0.3 is 0 Å². The number of terminal acetylenes is 1. The maximum atomic E-state index is 12.1. The third kappa shape index (κ3) is 4.90. The van der Waals surface area contributed by atoms with Crippen LogP contribution in [0.5, 0.6) is 0 Å². The summed E-state index contributed by atoms with van der Waals surface area (Å²) >= 11 is 0. The monoisotopic (exact) mass is 359 g/mol. The predicted molar refractivity (Wildman–Crippen MR) is 107 cm³/mol. The van der Waals surface area contributed by atoms with Gasteiger partial charge < -0.3 is 10.1 Å². The Kier molecular flexibility index (Phi) is 6.14. The molecule has 0 radical (unpaired) electrons. The second kappa shape index (κ2) is 8.93. The van der Waals surface area contributed by atoms with E-state index >= 15 is 0 Å². The summed E-state index contributed by atoms with van der Waals surface area (Å²) in [6, 6.07) is 13.4. The van der Waals surface area contributed by atoms with Gasteiger partial charge in [-0.3, -0.25) is 4.79 Å². The third-order valence-electron chi connectivity index (χ3n) is 4.20. The summed E-state index contributed by atoms with van der Waals surface area (Å²) in [6.45, 7) is 0.599. The summed E-state index contributed by atoms with van der Waals surface area (Å²) in [5.74, 6) is 3.50. The fourth-order valence-corrected chi connectivity index (χ4v) is 2.87. The van der Waals surface area contributed by atoms with Gasteiger partial charge in [0.2, 0.25) is 0 Å². The van der Waals surface area contributed by atoms with Crippen molar-refractivity contribution in [1.82, 2.24) is 9.97 Å². The van der Waals surface area contributed by atoms with Gasteiger partial charge in [0.25, 0.3) is 0 Å². The number of methoxy groups -OCH3 is 1. The molecule has 1 heterocycles. The van der Waals surface area contributed by atoms with E-state index in [0.717, 1.165) is 34.1 Å². The summed E-state index contributed by atoms with van der Waals surface area (Å²) in [5, 5.41) is 4.16. The number of fused-ring (bicyclic) bond motifs is 1. The smallest absolute Gasteiger partial charge is 0.141 e. The van der Waals surface area contributed by atoms with E-state index in [0.29, 0.717) is 25.3 Å². The summed E-state index contributed by atoms with van der Waals surface area (Å²) in [4.78, 5) is 20.8. The number of nitrogens with one attached hydrogen (secondary N) is 1. The van der Waals surface area contributed by atoms with E-state index in [1.165, 1.54) is 6.33 Å². The Morgan fingerprint density at radius 1 is 1.22 bits per heavy atom. The van der Waals surface area contributed by atoms with E-state index < -0.39 is 0 Å². The minimum atomic E-state index is 0.194. The van der Waals surface area contributed by atoms with Crippen molar-refractivity contribution in [3.05, 3.63) is 59.9 Å². The maximum absolute atomic E-state index is 12.1. The highest BCUT2D eigenvalue weighted by atomic mass is 16.5. The number of hydrogen-bond donors (Lipinski definition) is 1. The van der Waals surface area contributed by atoms with Gasteiger partial charge in [-0.25, -0.2) is 9.97 Å². The highest BCUT2D eigenvalue weighted by Crippen LogP contribution is 2.25. The van der Waals surface area contributed by atoms with E-state index in [9.17, 15) is 4.79 Å². The Morgan fingerprint density at radius 3 is 2.93 bits per heavy atom. The molecule has 0 aliphatic rings. The number of carbonyl (C=O) groups is 1. The van der Waals surface area contributed by atoms with Crippen molar-refractivity contribution >= 4 is 28.2 Å². The van der Waals surface area contributed by atoms with E-state index in [-0.39, 0.29) is 5.78 Å². The second-order valence-corrected chi connectivity index (χ2v) is 6.24. The molecule has 5 nitrogen and oxygen atoms in total. The van der Waals surface area contributed by atoms with Crippen LogP contribution in [0.15, 0.2) is 48.8 Å². The lowest BCUT2D eigenvalue weighted by Crippen LogP contribution is -2.04. The number of benzene rings is 2. The molecule has 0 aliphatic heterocycles. The standard InChI is InChI=1S/C22H21N3O2/c1-3-16-6-4-7-18(12-16)25-22-20-14-17(9-10-21(20)23-15-24-22)13-19(26)8-5-11-27-2/h1,4,6-7,9-10,12,14-15H,5,8,11,13H2,2H3,(H,23,24,25). The summed E-state index contributed by atoms with van der Waals surface area (Å²) < 4.78 is 5.00. The van der Waals surface area contributed by atoms with Gasteiger partial charge in [0.1, 0.15) is 17.9 Å². The number of carbonyl (C=O) groups excluding carboxylic acids is 1. The molecule has 0 unspecified atom stereocenters. The van der Waals surface area contributed by atoms with Crippen molar-refractivity contribution in [2.75, 3.05) is 19.0 Å². The third-order valence-corrected chi connectivity index (χ3v) is 4.20.